The lowest BCUT2D eigenvalue weighted by molar-refractivity contribution is 0.582. The molecule has 0 aromatic carbocycles. The first-order valence-corrected chi connectivity index (χ1v) is 4.50. The van der Waals surface area contributed by atoms with Gasteiger partial charge in [0.2, 0.25) is 0 Å². The van der Waals surface area contributed by atoms with Crippen LogP contribution in [0.2, 0.25) is 0 Å². The van der Waals surface area contributed by atoms with E-state index in [0.29, 0.717) is 5.92 Å². The molecule has 0 fully saturated rings. The van der Waals surface area contributed by atoms with Crippen LogP contribution < -0.4 is 0 Å². The molecule has 0 aliphatic rings. The summed E-state index contributed by atoms with van der Waals surface area (Å²) >= 11 is -0.557. The van der Waals surface area contributed by atoms with E-state index in [1.54, 1.807) is 0 Å². The SMILES string of the molecule is CC[S+]([O-])CC(C)C. The highest BCUT2D eigenvalue weighted by molar-refractivity contribution is 7.91. The Bertz CT molecular complexity index is 54.5. The monoisotopic (exact) mass is 134 g/mol. The molecule has 0 heterocycles. The molecule has 1 nitrogen and oxygen atoms in total. The molecule has 50 valence electrons. The Kier molecular flexibility index (Phi) is 4.38. The van der Waals surface area contributed by atoms with Crippen LogP contribution in [0.25, 0.3) is 0 Å². The van der Waals surface area contributed by atoms with Gasteiger partial charge in [0, 0.05) is 0 Å². The predicted octanol–water partition coefficient (Wildman–Crippen LogP) is 1.41. The van der Waals surface area contributed by atoms with Crippen LogP contribution >= 0.6 is 0 Å². The third-order valence-electron chi connectivity index (χ3n) is 0.841. The zero-order valence-corrected chi connectivity index (χ0v) is 6.62. The largest absolute Gasteiger partial charge is 0.616 e. The lowest BCUT2D eigenvalue weighted by Crippen LogP contribution is -2.13. The number of hydrogen-bond acceptors (Lipinski definition) is 1. The predicted molar refractivity (Wildman–Crippen MR) is 38.4 cm³/mol. The Morgan fingerprint density at radius 2 is 2.00 bits per heavy atom. The van der Waals surface area contributed by atoms with Crippen LogP contribution in [-0.4, -0.2) is 16.1 Å². The maximum absolute atomic E-state index is 10.7. The number of rotatable bonds is 3. The fraction of sp³-hybridized carbons (Fsp3) is 1.00. The summed E-state index contributed by atoms with van der Waals surface area (Å²) in [6.07, 6.45) is 0. The van der Waals surface area contributed by atoms with E-state index in [0.717, 1.165) is 11.5 Å². The van der Waals surface area contributed by atoms with Crippen molar-refractivity contribution >= 4 is 11.2 Å². The molecule has 0 aromatic heterocycles. The van der Waals surface area contributed by atoms with Gasteiger partial charge in [0.05, 0.1) is 0 Å². The van der Waals surface area contributed by atoms with Crippen LogP contribution in [0, 0.1) is 5.92 Å². The van der Waals surface area contributed by atoms with Crippen molar-refractivity contribution in [2.45, 2.75) is 20.8 Å². The fourth-order valence-electron chi connectivity index (χ4n) is 0.490. The first-order chi connectivity index (χ1) is 3.66. The molecule has 0 rings (SSSR count). The Morgan fingerprint density at radius 3 is 2.12 bits per heavy atom. The molecule has 8 heavy (non-hydrogen) atoms. The quantitative estimate of drug-likeness (QED) is 0.535. The van der Waals surface area contributed by atoms with Crippen molar-refractivity contribution in [3.8, 4) is 0 Å². The van der Waals surface area contributed by atoms with E-state index < -0.39 is 11.2 Å². The van der Waals surface area contributed by atoms with Gasteiger partial charge in [-0.05, 0) is 12.8 Å². The van der Waals surface area contributed by atoms with Gasteiger partial charge in [0.15, 0.2) is 0 Å². The van der Waals surface area contributed by atoms with E-state index in [2.05, 4.69) is 13.8 Å². The second kappa shape index (κ2) is 4.21. The van der Waals surface area contributed by atoms with Crippen molar-refractivity contribution < 1.29 is 4.55 Å². The molecule has 2 heteroatoms. The molecule has 0 aliphatic carbocycles. The molecule has 1 unspecified atom stereocenters. The lowest BCUT2D eigenvalue weighted by Gasteiger charge is -2.09. The molecular formula is C6H14OS. The summed E-state index contributed by atoms with van der Waals surface area (Å²) in [4.78, 5) is 0. The van der Waals surface area contributed by atoms with Crippen LogP contribution in [-0.2, 0) is 11.2 Å². The smallest absolute Gasteiger partial charge is 0.107 e. The van der Waals surface area contributed by atoms with Crippen LogP contribution in [0.4, 0.5) is 0 Å². The number of hydrogen-bond donors (Lipinski definition) is 0. The molecular weight excluding hydrogens is 120 g/mol. The van der Waals surface area contributed by atoms with Crippen molar-refractivity contribution in [1.29, 1.82) is 0 Å². The van der Waals surface area contributed by atoms with Crippen molar-refractivity contribution in [2.75, 3.05) is 11.5 Å². The zero-order valence-electron chi connectivity index (χ0n) is 5.81. The zero-order chi connectivity index (χ0) is 6.57. The Balaban J connectivity index is 3.10. The highest BCUT2D eigenvalue weighted by Gasteiger charge is 2.03. The van der Waals surface area contributed by atoms with Gasteiger partial charge in [0.1, 0.15) is 11.5 Å². The van der Waals surface area contributed by atoms with Crippen molar-refractivity contribution in [1.82, 2.24) is 0 Å². The van der Waals surface area contributed by atoms with Gasteiger partial charge in [0.25, 0.3) is 0 Å². The van der Waals surface area contributed by atoms with E-state index in [4.69, 9.17) is 0 Å². The van der Waals surface area contributed by atoms with Gasteiger partial charge < -0.3 is 4.55 Å². The molecule has 0 saturated carbocycles. The summed E-state index contributed by atoms with van der Waals surface area (Å²) in [5, 5.41) is 0. The Morgan fingerprint density at radius 1 is 1.50 bits per heavy atom. The van der Waals surface area contributed by atoms with E-state index in [9.17, 15) is 4.55 Å². The highest BCUT2D eigenvalue weighted by atomic mass is 32.2. The van der Waals surface area contributed by atoms with Gasteiger partial charge in [-0.25, -0.2) is 0 Å². The van der Waals surface area contributed by atoms with Crippen molar-refractivity contribution in [3.05, 3.63) is 0 Å². The molecule has 1 atom stereocenters. The lowest BCUT2D eigenvalue weighted by atomic mass is 10.3. The maximum atomic E-state index is 10.7. The molecule has 0 saturated heterocycles. The summed E-state index contributed by atoms with van der Waals surface area (Å²) in [5.41, 5.74) is 0. The van der Waals surface area contributed by atoms with Gasteiger partial charge in [-0.1, -0.05) is 25.0 Å². The third-order valence-corrected chi connectivity index (χ3v) is 2.52. The minimum absolute atomic E-state index is 0.557. The normalized spacial score (nSPS) is 14.6. The van der Waals surface area contributed by atoms with Crippen LogP contribution in [0.1, 0.15) is 20.8 Å². The molecule has 0 spiro atoms. The standard InChI is InChI=1S/C6H14OS/c1-4-8(7)5-6(2)3/h6H,4-5H2,1-3H3. The molecule has 0 N–H and O–H groups in total. The summed E-state index contributed by atoms with van der Waals surface area (Å²) in [6.45, 7) is 6.14. The molecule has 0 aliphatic heterocycles. The van der Waals surface area contributed by atoms with E-state index in [1.165, 1.54) is 0 Å². The second-order valence-electron chi connectivity index (χ2n) is 2.29. The summed E-state index contributed by atoms with van der Waals surface area (Å²) in [7, 11) is 0. The first kappa shape index (κ1) is 8.31. The van der Waals surface area contributed by atoms with Crippen LogP contribution in [0.3, 0.4) is 0 Å². The fourth-order valence-corrected chi connectivity index (χ4v) is 1.47. The van der Waals surface area contributed by atoms with Crippen LogP contribution in [0.5, 0.6) is 0 Å². The Labute approximate surface area is 54.7 Å². The third kappa shape index (κ3) is 4.47. The highest BCUT2D eigenvalue weighted by Crippen LogP contribution is 1.98. The Hall–Kier alpha value is 0.310. The van der Waals surface area contributed by atoms with Gasteiger partial charge in [-0.2, -0.15) is 0 Å². The maximum Gasteiger partial charge on any atom is 0.107 e. The summed E-state index contributed by atoms with van der Waals surface area (Å²) in [5.74, 6) is 2.24. The first-order valence-electron chi connectivity index (χ1n) is 3.01. The van der Waals surface area contributed by atoms with Gasteiger partial charge >= 0.3 is 0 Å². The van der Waals surface area contributed by atoms with Gasteiger partial charge in [-0.15, -0.1) is 0 Å². The molecule has 0 bridgehead atoms. The van der Waals surface area contributed by atoms with E-state index in [1.807, 2.05) is 6.92 Å². The van der Waals surface area contributed by atoms with E-state index in [-0.39, 0.29) is 0 Å². The molecule has 0 radical (unpaired) electrons. The second-order valence-corrected chi connectivity index (χ2v) is 4.08. The summed E-state index contributed by atoms with van der Waals surface area (Å²) in [6, 6.07) is 0. The van der Waals surface area contributed by atoms with Crippen molar-refractivity contribution in [3.63, 3.8) is 0 Å². The van der Waals surface area contributed by atoms with E-state index >= 15 is 0 Å². The minimum atomic E-state index is -0.557. The minimum Gasteiger partial charge on any atom is -0.616 e. The van der Waals surface area contributed by atoms with Crippen LogP contribution in [0.15, 0.2) is 0 Å². The average molecular weight is 134 g/mol. The topological polar surface area (TPSA) is 23.1 Å². The average Bonchev–Trinajstić information content (AvgIpc) is 1.65. The molecule has 0 aromatic rings. The summed E-state index contributed by atoms with van der Waals surface area (Å²) < 4.78 is 10.7. The molecule has 0 amide bonds. The van der Waals surface area contributed by atoms with Gasteiger partial charge in [-0.3, -0.25) is 0 Å². The van der Waals surface area contributed by atoms with Crippen molar-refractivity contribution in [2.24, 2.45) is 5.92 Å².